The lowest BCUT2D eigenvalue weighted by Gasteiger charge is -2.07. The van der Waals surface area contributed by atoms with Gasteiger partial charge in [-0.25, -0.2) is 0 Å². The molecule has 0 aromatic rings. The van der Waals surface area contributed by atoms with Gasteiger partial charge in [-0.05, 0) is 12.0 Å². The fraction of sp³-hybridized carbons (Fsp3) is 0.625. The van der Waals surface area contributed by atoms with Gasteiger partial charge < -0.3 is 5.73 Å². The highest BCUT2D eigenvalue weighted by Crippen LogP contribution is 2.22. The molecule has 4 heteroatoms. The van der Waals surface area contributed by atoms with Crippen LogP contribution in [0, 0.1) is 0 Å². The van der Waals surface area contributed by atoms with E-state index in [0.717, 1.165) is 6.42 Å². The van der Waals surface area contributed by atoms with Crippen LogP contribution in [0.25, 0.3) is 0 Å². The van der Waals surface area contributed by atoms with Gasteiger partial charge in [0.05, 0.1) is 5.25 Å². The van der Waals surface area contributed by atoms with Crippen LogP contribution in [0.15, 0.2) is 12.2 Å². The Morgan fingerprint density at radius 3 is 2.92 bits per heavy atom. The maximum absolute atomic E-state index is 11.5. The Hall–Kier alpha value is -0.320. The van der Waals surface area contributed by atoms with E-state index in [0.29, 0.717) is 12.1 Å². The molecule has 2 atom stereocenters. The van der Waals surface area contributed by atoms with Gasteiger partial charge in [0.25, 0.3) is 0 Å². The monoisotopic (exact) mass is 186 g/mol. The predicted molar refractivity (Wildman–Crippen MR) is 51.8 cm³/mol. The van der Waals surface area contributed by atoms with Crippen molar-refractivity contribution in [3.63, 3.8) is 0 Å². The van der Waals surface area contributed by atoms with Crippen molar-refractivity contribution in [1.82, 2.24) is 5.32 Å². The summed E-state index contributed by atoms with van der Waals surface area (Å²) < 4.78 is 0. The molecule has 1 aliphatic heterocycles. The zero-order valence-electron chi connectivity index (χ0n) is 7.17. The van der Waals surface area contributed by atoms with Crippen LogP contribution in [-0.4, -0.2) is 23.1 Å². The molecule has 1 rings (SSSR count). The number of ketones is 1. The average Bonchev–Trinajstić information content (AvgIpc) is 2.49. The van der Waals surface area contributed by atoms with E-state index in [1.165, 1.54) is 11.8 Å². The van der Waals surface area contributed by atoms with Crippen molar-refractivity contribution in [2.75, 3.05) is 6.54 Å². The van der Waals surface area contributed by atoms with Crippen LogP contribution < -0.4 is 11.1 Å². The minimum Gasteiger partial charge on any atom is -0.307 e. The number of nitrogens with one attached hydrogen (secondary N) is 1. The Labute approximate surface area is 76.8 Å². The second-order valence-electron chi connectivity index (χ2n) is 2.77. The summed E-state index contributed by atoms with van der Waals surface area (Å²) in [5, 5.41) is 2.99. The molecule has 68 valence electrons. The summed E-state index contributed by atoms with van der Waals surface area (Å²) in [5.41, 5.74) is 6.18. The van der Waals surface area contributed by atoms with Crippen molar-refractivity contribution in [2.24, 2.45) is 5.73 Å². The lowest BCUT2D eigenvalue weighted by molar-refractivity contribution is -0.115. The van der Waals surface area contributed by atoms with Gasteiger partial charge in [0, 0.05) is 6.54 Å². The number of thioether (sulfide) groups is 1. The fourth-order valence-corrected chi connectivity index (χ4v) is 2.08. The molecule has 1 saturated heterocycles. The molecule has 1 aliphatic rings. The van der Waals surface area contributed by atoms with Gasteiger partial charge in [-0.2, -0.15) is 0 Å². The third-order valence-electron chi connectivity index (χ3n) is 1.88. The normalized spacial score (nSPS) is 28.8. The van der Waals surface area contributed by atoms with E-state index in [2.05, 4.69) is 11.9 Å². The van der Waals surface area contributed by atoms with Crippen LogP contribution in [0.4, 0.5) is 0 Å². The van der Waals surface area contributed by atoms with E-state index in [9.17, 15) is 4.79 Å². The van der Waals surface area contributed by atoms with Gasteiger partial charge in [0.2, 0.25) is 0 Å². The minimum atomic E-state index is -0.0939. The summed E-state index contributed by atoms with van der Waals surface area (Å²) in [5.74, 6) is 0.142. The Kier molecular flexibility index (Phi) is 3.31. The number of rotatable bonds is 3. The highest BCUT2D eigenvalue weighted by molar-refractivity contribution is 8.01. The Morgan fingerprint density at radius 2 is 2.50 bits per heavy atom. The Morgan fingerprint density at radius 1 is 1.83 bits per heavy atom. The minimum absolute atomic E-state index is 0.0209. The van der Waals surface area contributed by atoms with Crippen LogP contribution in [0.2, 0.25) is 0 Å². The zero-order chi connectivity index (χ0) is 9.14. The molecule has 0 bridgehead atoms. The summed E-state index contributed by atoms with van der Waals surface area (Å²) in [4.78, 5) is 11.5. The van der Waals surface area contributed by atoms with E-state index in [4.69, 9.17) is 5.73 Å². The lowest BCUT2D eigenvalue weighted by Crippen LogP contribution is -2.29. The Balaban J connectivity index is 2.48. The first-order valence-corrected chi connectivity index (χ1v) is 4.96. The van der Waals surface area contributed by atoms with Crippen molar-refractivity contribution in [1.29, 1.82) is 0 Å². The second kappa shape index (κ2) is 4.07. The summed E-state index contributed by atoms with van der Waals surface area (Å²) in [6.45, 7) is 6.32. The summed E-state index contributed by atoms with van der Waals surface area (Å²) in [6.07, 6.45) is 0.727. The quantitative estimate of drug-likeness (QED) is 0.629. The highest BCUT2D eigenvalue weighted by atomic mass is 32.2. The largest absolute Gasteiger partial charge is 0.307 e. The molecule has 0 aromatic carbocycles. The maximum atomic E-state index is 11.5. The average molecular weight is 186 g/mol. The number of nitrogens with two attached hydrogens (primary N) is 1. The zero-order valence-corrected chi connectivity index (χ0v) is 7.99. The SMILES string of the molecule is C=C(CC)C(=O)C1CNC(N)S1. The smallest absolute Gasteiger partial charge is 0.172 e. The fourth-order valence-electron chi connectivity index (χ4n) is 1.05. The van der Waals surface area contributed by atoms with E-state index in [1.807, 2.05) is 6.92 Å². The molecule has 2 unspecified atom stereocenters. The topological polar surface area (TPSA) is 55.1 Å². The van der Waals surface area contributed by atoms with E-state index >= 15 is 0 Å². The standard InChI is InChI=1S/C8H14N2OS/c1-3-5(2)7(11)6-4-10-8(9)12-6/h6,8,10H,2-4,9H2,1H3. The van der Waals surface area contributed by atoms with E-state index in [-0.39, 0.29) is 16.5 Å². The van der Waals surface area contributed by atoms with Crippen molar-refractivity contribution in [2.45, 2.75) is 24.1 Å². The highest BCUT2D eigenvalue weighted by Gasteiger charge is 2.28. The van der Waals surface area contributed by atoms with Crippen LogP contribution in [0.5, 0.6) is 0 Å². The van der Waals surface area contributed by atoms with Crippen LogP contribution in [-0.2, 0) is 4.79 Å². The lowest BCUT2D eigenvalue weighted by atomic mass is 10.1. The molecule has 1 fully saturated rings. The van der Waals surface area contributed by atoms with Gasteiger partial charge in [-0.1, -0.05) is 13.5 Å². The summed E-state index contributed by atoms with van der Waals surface area (Å²) in [7, 11) is 0. The molecule has 1 heterocycles. The molecule has 3 N–H and O–H groups in total. The first kappa shape index (κ1) is 9.77. The first-order valence-electron chi connectivity index (χ1n) is 4.01. The predicted octanol–water partition coefficient (Wildman–Crippen LogP) is 0.469. The van der Waals surface area contributed by atoms with Crippen molar-refractivity contribution >= 4 is 17.5 Å². The number of allylic oxidation sites excluding steroid dienone is 1. The first-order chi connectivity index (χ1) is 5.65. The molecular formula is C8H14N2OS. The van der Waals surface area contributed by atoms with Gasteiger partial charge in [-0.3, -0.25) is 10.1 Å². The molecule has 0 saturated carbocycles. The maximum Gasteiger partial charge on any atom is 0.172 e. The van der Waals surface area contributed by atoms with Crippen molar-refractivity contribution in [3.05, 3.63) is 12.2 Å². The summed E-state index contributed by atoms with van der Waals surface area (Å²) in [6, 6.07) is 0. The van der Waals surface area contributed by atoms with Gasteiger partial charge in [-0.15, -0.1) is 11.8 Å². The number of carbonyl (C=O) groups is 1. The Bertz CT molecular complexity index is 205. The van der Waals surface area contributed by atoms with Crippen molar-refractivity contribution in [3.8, 4) is 0 Å². The summed E-state index contributed by atoms with van der Waals surface area (Å²) >= 11 is 1.47. The number of Topliss-reactive ketones (excluding diaryl/α,β-unsaturated/α-hetero) is 1. The third-order valence-corrected chi connectivity index (χ3v) is 3.05. The molecule has 0 spiro atoms. The van der Waals surface area contributed by atoms with Crippen LogP contribution >= 0.6 is 11.8 Å². The van der Waals surface area contributed by atoms with Gasteiger partial charge in [0.15, 0.2) is 5.78 Å². The number of hydrogen-bond acceptors (Lipinski definition) is 4. The van der Waals surface area contributed by atoms with E-state index < -0.39 is 0 Å². The molecule has 0 radical (unpaired) electrons. The molecular weight excluding hydrogens is 172 g/mol. The third kappa shape index (κ3) is 2.09. The van der Waals surface area contributed by atoms with Crippen LogP contribution in [0.1, 0.15) is 13.3 Å². The van der Waals surface area contributed by atoms with Gasteiger partial charge >= 0.3 is 0 Å². The molecule has 0 aliphatic carbocycles. The number of hydrogen-bond donors (Lipinski definition) is 2. The molecule has 3 nitrogen and oxygen atoms in total. The number of carbonyl (C=O) groups excluding carboxylic acids is 1. The second-order valence-corrected chi connectivity index (χ2v) is 4.12. The van der Waals surface area contributed by atoms with E-state index in [1.54, 1.807) is 0 Å². The van der Waals surface area contributed by atoms with Crippen molar-refractivity contribution < 1.29 is 4.79 Å². The van der Waals surface area contributed by atoms with Crippen LogP contribution in [0.3, 0.4) is 0 Å². The molecule has 0 amide bonds. The van der Waals surface area contributed by atoms with Gasteiger partial charge in [0.1, 0.15) is 5.50 Å². The molecule has 0 aromatic heterocycles. The molecule has 12 heavy (non-hydrogen) atoms.